The highest BCUT2D eigenvalue weighted by atomic mass is 35.5. The molecule has 4 heteroatoms. The predicted octanol–water partition coefficient (Wildman–Crippen LogP) is 4.54. The first-order valence-corrected chi connectivity index (χ1v) is 8.45. The van der Waals surface area contributed by atoms with Gasteiger partial charge in [-0.05, 0) is 62.3 Å². The maximum atomic E-state index is 12.4. The van der Waals surface area contributed by atoms with Crippen LogP contribution >= 0.6 is 23.2 Å². The molecule has 0 N–H and O–H groups in total. The maximum Gasteiger partial charge on any atom is 0.178 e. The molecule has 2 aliphatic rings. The third-order valence-electron chi connectivity index (χ3n) is 5.08. The lowest BCUT2D eigenvalue weighted by atomic mass is 9.88. The Balaban J connectivity index is 1.57. The van der Waals surface area contributed by atoms with E-state index in [0.29, 0.717) is 22.2 Å². The molecule has 0 heterocycles. The number of rotatable bonds is 5. The van der Waals surface area contributed by atoms with Crippen LogP contribution in [0.3, 0.4) is 0 Å². The Morgan fingerprint density at radius 3 is 2.71 bits per heavy atom. The predicted molar refractivity (Wildman–Crippen MR) is 87.2 cm³/mol. The maximum absolute atomic E-state index is 12.4. The fourth-order valence-electron chi connectivity index (χ4n) is 4.11. The smallest absolute Gasteiger partial charge is 0.178 e. The minimum atomic E-state index is 0.0716. The Labute approximate surface area is 136 Å². The average Bonchev–Trinajstić information content (AvgIpc) is 3.00. The number of fused-ring (bicyclic) bond motifs is 2. The van der Waals surface area contributed by atoms with Crippen molar-refractivity contribution in [2.45, 2.75) is 25.7 Å². The van der Waals surface area contributed by atoms with Crippen molar-refractivity contribution in [2.75, 3.05) is 20.1 Å². The van der Waals surface area contributed by atoms with Gasteiger partial charge in [0.15, 0.2) is 5.78 Å². The molecule has 1 aromatic rings. The number of hydrogen-bond acceptors (Lipinski definition) is 2. The Bertz CT molecular complexity index is 546. The van der Waals surface area contributed by atoms with Gasteiger partial charge in [0.2, 0.25) is 0 Å². The number of carbonyl (C=O) groups is 1. The van der Waals surface area contributed by atoms with Crippen molar-refractivity contribution < 1.29 is 4.79 Å². The Kier molecular flexibility index (Phi) is 4.58. The van der Waals surface area contributed by atoms with Crippen LogP contribution < -0.4 is 0 Å². The number of benzene rings is 1. The van der Waals surface area contributed by atoms with E-state index in [4.69, 9.17) is 23.2 Å². The van der Waals surface area contributed by atoms with Crippen LogP contribution in [-0.4, -0.2) is 30.8 Å². The van der Waals surface area contributed by atoms with E-state index in [9.17, 15) is 4.79 Å². The SMILES string of the molecule is CN(CC(=O)c1ccc(Cl)cc1Cl)CC1CC2CCC1C2. The van der Waals surface area contributed by atoms with Gasteiger partial charge in [0.1, 0.15) is 0 Å². The van der Waals surface area contributed by atoms with Crippen LogP contribution in [0.5, 0.6) is 0 Å². The van der Waals surface area contributed by atoms with Gasteiger partial charge in [0.25, 0.3) is 0 Å². The van der Waals surface area contributed by atoms with Crippen LogP contribution in [0.4, 0.5) is 0 Å². The second-order valence-electron chi connectivity index (χ2n) is 6.68. The van der Waals surface area contributed by atoms with Crippen molar-refractivity contribution >= 4 is 29.0 Å². The van der Waals surface area contributed by atoms with E-state index in [1.807, 2.05) is 7.05 Å². The first-order chi connectivity index (χ1) is 10.0. The van der Waals surface area contributed by atoms with E-state index in [0.717, 1.165) is 24.3 Å². The Morgan fingerprint density at radius 1 is 1.29 bits per heavy atom. The summed E-state index contributed by atoms with van der Waals surface area (Å²) in [6, 6.07) is 5.07. The third kappa shape index (κ3) is 3.44. The molecule has 0 spiro atoms. The summed E-state index contributed by atoms with van der Waals surface area (Å²) in [5.74, 6) is 2.70. The van der Waals surface area contributed by atoms with Gasteiger partial charge in [-0.1, -0.05) is 29.6 Å². The van der Waals surface area contributed by atoms with E-state index in [-0.39, 0.29) is 5.78 Å². The van der Waals surface area contributed by atoms with E-state index >= 15 is 0 Å². The number of Topliss-reactive ketones (excluding diaryl/α,β-unsaturated/α-hetero) is 1. The highest BCUT2D eigenvalue weighted by molar-refractivity contribution is 6.36. The van der Waals surface area contributed by atoms with Crippen LogP contribution in [0.2, 0.25) is 10.0 Å². The zero-order chi connectivity index (χ0) is 15.0. The lowest BCUT2D eigenvalue weighted by Crippen LogP contribution is -2.33. The minimum Gasteiger partial charge on any atom is -0.299 e. The van der Waals surface area contributed by atoms with Crippen LogP contribution in [-0.2, 0) is 0 Å². The van der Waals surface area contributed by atoms with Gasteiger partial charge < -0.3 is 0 Å². The van der Waals surface area contributed by atoms with Crippen molar-refractivity contribution in [2.24, 2.45) is 17.8 Å². The molecule has 2 nitrogen and oxygen atoms in total. The van der Waals surface area contributed by atoms with Crippen LogP contribution in [0.15, 0.2) is 18.2 Å². The molecular weight excluding hydrogens is 305 g/mol. The molecule has 0 radical (unpaired) electrons. The summed E-state index contributed by atoms with van der Waals surface area (Å²) in [4.78, 5) is 14.5. The van der Waals surface area contributed by atoms with Crippen molar-refractivity contribution in [3.8, 4) is 0 Å². The molecule has 1 aromatic carbocycles. The van der Waals surface area contributed by atoms with Gasteiger partial charge in [-0.2, -0.15) is 0 Å². The number of nitrogens with zero attached hydrogens (tertiary/aromatic N) is 1. The van der Waals surface area contributed by atoms with Crippen molar-refractivity contribution in [1.29, 1.82) is 0 Å². The summed E-state index contributed by atoms with van der Waals surface area (Å²) in [5, 5.41) is 1.01. The highest BCUT2D eigenvalue weighted by Crippen LogP contribution is 2.48. The van der Waals surface area contributed by atoms with Crippen LogP contribution in [0.1, 0.15) is 36.0 Å². The van der Waals surface area contributed by atoms with Gasteiger partial charge >= 0.3 is 0 Å². The highest BCUT2D eigenvalue weighted by Gasteiger charge is 2.39. The fraction of sp³-hybridized carbons (Fsp3) is 0.588. The van der Waals surface area contributed by atoms with E-state index in [2.05, 4.69) is 4.90 Å². The lowest BCUT2D eigenvalue weighted by molar-refractivity contribution is 0.0929. The Hall–Kier alpha value is -0.570. The number of halogens is 2. The van der Waals surface area contributed by atoms with Crippen molar-refractivity contribution in [3.05, 3.63) is 33.8 Å². The van der Waals surface area contributed by atoms with Crippen molar-refractivity contribution in [3.63, 3.8) is 0 Å². The quantitative estimate of drug-likeness (QED) is 0.740. The van der Waals surface area contributed by atoms with Gasteiger partial charge in [-0.3, -0.25) is 9.69 Å². The molecular formula is C17H21Cl2NO. The molecule has 0 amide bonds. The lowest BCUT2D eigenvalue weighted by Gasteiger charge is -2.26. The molecule has 0 aromatic heterocycles. The largest absolute Gasteiger partial charge is 0.299 e. The number of hydrogen-bond donors (Lipinski definition) is 0. The van der Waals surface area contributed by atoms with Gasteiger partial charge in [0, 0.05) is 17.1 Å². The summed E-state index contributed by atoms with van der Waals surface area (Å²) in [5.41, 5.74) is 0.570. The van der Waals surface area contributed by atoms with E-state index in [1.165, 1.54) is 25.7 Å². The summed E-state index contributed by atoms with van der Waals surface area (Å²) < 4.78 is 0. The first kappa shape index (κ1) is 15.3. The second-order valence-corrected chi connectivity index (χ2v) is 7.52. The zero-order valence-corrected chi connectivity index (χ0v) is 13.8. The molecule has 3 unspecified atom stereocenters. The van der Waals surface area contributed by atoms with Gasteiger partial charge in [-0.25, -0.2) is 0 Å². The first-order valence-electron chi connectivity index (χ1n) is 7.69. The molecule has 0 saturated heterocycles. The molecule has 0 aliphatic heterocycles. The van der Waals surface area contributed by atoms with Gasteiger partial charge in [0.05, 0.1) is 11.6 Å². The summed E-state index contributed by atoms with van der Waals surface area (Å²) >= 11 is 12.0. The van der Waals surface area contributed by atoms with Gasteiger partial charge in [-0.15, -0.1) is 0 Å². The summed E-state index contributed by atoms with van der Waals surface area (Å²) in [7, 11) is 2.04. The second kappa shape index (κ2) is 6.28. The fourth-order valence-corrected chi connectivity index (χ4v) is 4.62. The standard InChI is InChI=1S/C17H21Cl2NO/c1-20(9-13-7-11-2-3-12(13)6-11)10-17(21)15-5-4-14(18)8-16(15)19/h4-5,8,11-13H,2-3,6-7,9-10H2,1H3. The van der Waals surface area contributed by atoms with E-state index < -0.39 is 0 Å². The number of likely N-dealkylation sites (N-methyl/N-ethyl adjacent to an activating group) is 1. The molecule has 2 saturated carbocycles. The monoisotopic (exact) mass is 325 g/mol. The van der Waals surface area contributed by atoms with Crippen LogP contribution in [0, 0.1) is 17.8 Å². The minimum absolute atomic E-state index is 0.0716. The summed E-state index contributed by atoms with van der Waals surface area (Å²) in [6.07, 6.45) is 5.57. The molecule has 21 heavy (non-hydrogen) atoms. The molecule has 114 valence electrons. The molecule has 2 aliphatic carbocycles. The average molecular weight is 326 g/mol. The zero-order valence-electron chi connectivity index (χ0n) is 12.3. The molecule has 3 rings (SSSR count). The molecule has 2 fully saturated rings. The summed E-state index contributed by atoms with van der Waals surface area (Å²) in [6.45, 7) is 1.45. The molecule has 2 bridgehead atoms. The Morgan fingerprint density at radius 2 is 2.10 bits per heavy atom. The normalized spacial score (nSPS) is 27.5. The van der Waals surface area contributed by atoms with Crippen molar-refractivity contribution in [1.82, 2.24) is 4.90 Å². The molecule has 3 atom stereocenters. The topological polar surface area (TPSA) is 20.3 Å². The number of ketones is 1. The van der Waals surface area contributed by atoms with E-state index in [1.54, 1.807) is 18.2 Å². The number of carbonyl (C=O) groups excluding carboxylic acids is 1. The van der Waals surface area contributed by atoms with Crippen LogP contribution in [0.25, 0.3) is 0 Å². The third-order valence-corrected chi connectivity index (χ3v) is 5.62.